The van der Waals surface area contributed by atoms with Crippen LogP contribution in [0.25, 0.3) is 5.69 Å². The molecule has 0 saturated heterocycles. The number of imidazole rings is 1. The summed E-state index contributed by atoms with van der Waals surface area (Å²) in [7, 11) is 1.41. The molecule has 0 aliphatic carbocycles. The SMILES string of the molecule is CNC(=O)c1ncn(-c2ccc(NC(=O)c3ccc(F)c(Cl)c3)cc2)c1C(N)=O. The maximum atomic E-state index is 13.2. The first-order valence-corrected chi connectivity index (χ1v) is 8.65. The number of nitrogens with zero attached hydrogens (tertiary/aromatic N) is 2. The average molecular weight is 416 g/mol. The maximum Gasteiger partial charge on any atom is 0.272 e. The molecule has 1 heterocycles. The summed E-state index contributed by atoms with van der Waals surface area (Å²) in [5.41, 5.74) is 6.39. The van der Waals surface area contributed by atoms with E-state index in [4.69, 9.17) is 17.3 Å². The monoisotopic (exact) mass is 415 g/mol. The molecule has 8 nitrogen and oxygen atoms in total. The van der Waals surface area contributed by atoms with Gasteiger partial charge in [-0.05, 0) is 42.5 Å². The van der Waals surface area contributed by atoms with Gasteiger partial charge in [0.05, 0.1) is 5.02 Å². The second-order valence-electron chi connectivity index (χ2n) is 5.89. The first-order valence-electron chi connectivity index (χ1n) is 8.28. The van der Waals surface area contributed by atoms with Crippen LogP contribution in [0.15, 0.2) is 48.8 Å². The topological polar surface area (TPSA) is 119 Å². The van der Waals surface area contributed by atoms with Gasteiger partial charge in [-0.15, -0.1) is 0 Å². The molecule has 3 amide bonds. The zero-order valence-electron chi connectivity index (χ0n) is 15.1. The van der Waals surface area contributed by atoms with Crippen molar-refractivity contribution in [3.8, 4) is 5.69 Å². The van der Waals surface area contributed by atoms with Gasteiger partial charge >= 0.3 is 0 Å². The molecule has 10 heteroatoms. The number of halogens is 2. The molecule has 29 heavy (non-hydrogen) atoms. The summed E-state index contributed by atoms with van der Waals surface area (Å²) >= 11 is 5.69. The minimum atomic E-state index is -0.813. The summed E-state index contributed by atoms with van der Waals surface area (Å²) in [6.45, 7) is 0. The molecule has 0 spiro atoms. The number of rotatable bonds is 5. The fourth-order valence-corrected chi connectivity index (χ4v) is 2.79. The standard InChI is InChI=1S/C19H15ClFN5O3/c1-23-19(29)15-16(17(22)27)26(9-24-15)12-5-3-11(4-6-12)25-18(28)10-2-7-14(21)13(20)8-10/h2-9H,1H3,(H2,22,27)(H,23,29)(H,25,28). The lowest BCUT2D eigenvalue weighted by Gasteiger charge is -2.09. The van der Waals surface area contributed by atoms with Crippen molar-refractivity contribution in [2.24, 2.45) is 5.73 Å². The Morgan fingerprint density at radius 3 is 2.38 bits per heavy atom. The van der Waals surface area contributed by atoms with Crippen LogP contribution in [0.3, 0.4) is 0 Å². The second kappa shape index (κ2) is 8.11. The van der Waals surface area contributed by atoms with Crippen LogP contribution in [0.1, 0.15) is 31.3 Å². The van der Waals surface area contributed by atoms with Crippen molar-refractivity contribution in [2.45, 2.75) is 0 Å². The van der Waals surface area contributed by atoms with Crippen LogP contribution >= 0.6 is 11.6 Å². The Balaban J connectivity index is 1.84. The van der Waals surface area contributed by atoms with E-state index in [1.807, 2.05) is 0 Å². The zero-order chi connectivity index (χ0) is 21.1. The van der Waals surface area contributed by atoms with Crippen molar-refractivity contribution in [1.29, 1.82) is 0 Å². The van der Waals surface area contributed by atoms with Gasteiger partial charge in [0.2, 0.25) is 0 Å². The number of benzene rings is 2. The van der Waals surface area contributed by atoms with E-state index in [1.54, 1.807) is 24.3 Å². The Hall–Kier alpha value is -3.72. The molecule has 2 aromatic carbocycles. The molecule has 0 unspecified atom stereocenters. The van der Waals surface area contributed by atoms with E-state index in [2.05, 4.69) is 15.6 Å². The van der Waals surface area contributed by atoms with Gasteiger partial charge in [-0.3, -0.25) is 19.0 Å². The van der Waals surface area contributed by atoms with Crippen LogP contribution in [0, 0.1) is 5.82 Å². The number of nitrogens with two attached hydrogens (primary N) is 1. The van der Waals surface area contributed by atoms with Crippen molar-refractivity contribution in [2.75, 3.05) is 12.4 Å². The summed E-state index contributed by atoms with van der Waals surface area (Å²) in [6.07, 6.45) is 1.30. The van der Waals surface area contributed by atoms with E-state index in [9.17, 15) is 18.8 Å². The number of nitrogens with one attached hydrogen (secondary N) is 2. The Labute approximate surface area is 169 Å². The summed E-state index contributed by atoms with van der Waals surface area (Å²) in [5, 5.41) is 4.89. The number of aromatic nitrogens is 2. The fourth-order valence-electron chi connectivity index (χ4n) is 2.61. The van der Waals surface area contributed by atoms with Crippen molar-refractivity contribution >= 4 is 35.0 Å². The van der Waals surface area contributed by atoms with Gasteiger partial charge in [0.1, 0.15) is 17.8 Å². The first-order chi connectivity index (χ1) is 13.8. The van der Waals surface area contributed by atoms with Crippen LogP contribution in [0.5, 0.6) is 0 Å². The number of hydrogen-bond donors (Lipinski definition) is 3. The largest absolute Gasteiger partial charge is 0.364 e. The highest BCUT2D eigenvalue weighted by Gasteiger charge is 2.22. The van der Waals surface area contributed by atoms with Crippen LogP contribution < -0.4 is 16.4 Å². The van der Waals surface area contributed by atoms with E-state index in [1.165, 1.54) is 30.1 Å². The van der Waals surface area contributed by atoms with Crippen molar-refractivity contribution in [1.82, 2.24) is 14.9 Å². The Morgan fingerprint density at radius 2 is 1.79 bits per heavy atom. The number of anilines is 1. The predicted molar refractivity (Wildman–Crippen MR) is 105 cm³/mol. The molecule has 3 aromatic rings. The van der Waals surface area contributed by atoms with Gasteiger partial charge in [-0.2, -0.15) is 0 Å². The third-order valence-electron chi connectivity index (χ3n) is 4.03. The molecule has 0 atom stereocenters. The van der Waals surface area contributed by atoms with E-state index < -0.39 is 23.5 Å². The maximum absolute atomic E-state index is 13.2. The summed E-state index contributed by atoms with van der Waals surface area (Å²) in [4.78, 5) is 39.9. The molecule has 4 N–H and O–H groups in total. The van der Waals surface area contributed by atoms with Crippen LogP contribution in [0.4, 0.5) is 10.1 Å². The minimum Gasteiger partial charge on any atom is -0.364 e. The molecule has 0 bridgehead atoms. The van der Waals surface area contributed by atoms with Gasteiger partial charge in [0, 0.05) is 24.0 Å². The number of carbonyl (C=O) groups excluding carboxylic acids is 3. The van der Waals surface area contributed by atoms with E-state index in [0.29, 0.717) is 11.4 Å². The Morgan fingerprint density at radius 1 is 1.10 bits per heavy atom. The smallest absolute Gasteiger partial charge is 0.272 e. The third kappa shape index (κ3) is 4.09. The van der Waals surface area contributed by atoms with E-state index in [-0.39, 0.29) is 22.0 Å². The highest BCUT2D eigenvalue weighted by Crippen LogP contribution is 2.20. The molecule has 0 radical (unpaired) electrons. The fraction of sp³-hybridized carbons (Fsp3) is 0.0526. The van der Waals surface area contributed by atoms with Gasteiger partial charge in [0.15, 0.2) is 5.69 Å². The van der Waals surface area contributed by atoms with Crippen molar-refractivity contribution < 1.29 is 18.8 Å². The average Bonchev–Trinajstić information content (AvgIpc) is 3.15. The van der Waals surface area contributed by atoms with Gasteiger partial charge < -0.3 is 16.4 Å². The minimum absolute atomic E-state index is 0.0675. The van der Waals surface area contributed by atoms with Crippen LogP contribution in [-0.4, -0.2) is 34.3 Å². The number of primary amides is 1. The highest BCUT2D eigenvalue weighted by atomic mass is 35.5. The molecule has 1 aromatic heterocycles. The number of amides is 3. The number of carbonyl (C=O) groups is 3. The molecule has 0 fully saturated rings. The summed E-state index contributed by atoms with van der Waals surface area (Å²) in [5.74, 6) is -2.44. The molecule has 0 saturated carbocycles. The van der Waals surface area contributed by atoms with Crippen LogP contribution in [-0.2, 0) is 0 Å². The van der Waals surface area contributed by atoms with Crippen LogP contribution in [0.2, 0.25) is 5.02 Å². The lowest BCUT2D eigenvalue weighted by Crippen LogP contribution is -2.25. The predicted octanol–water partition coefficient (Wildman–Crippen LogP) is 2.38. The van der Waals surface area contributed by atoms with E-state index >= 15 is 0 Å². The van der Waals surface area contributed by atoms with Crippen molar-refractivity contribution in [3.63, 3.8) is 0 Å². The molecular formula is C19H15ClFN5O3. The Kier molecular flexibility index (Phi) is 5.60. The molecular weight excluding hydrogens is 401 g/mol. The second-order valence-corrected chi connectivity index (χ2v) is 6.29. The van der Waals surface area contributed by atoms with Gasteiger partial charge in [0.25, 0.3) is 17.7 Å². The lowest BCUT2D eigenvalue weighted by molar-refractivity contribution is 0.0937. The summed E-state index contributed by atoms with van der Waals surface area (Å²) < 4.78 is 14.6. The van der Waals surface area contributed by atoms with Gasteiger partial charge in [-0.1, -0.05) is 11.6 Å². The Bertz CT molecular complexity index is 1110. The highest BCUT2D eigenvalue weighted by molar-refractivity contribution is 6.31. The van der Waals surface area contributed by atoms with Gasteiger partial charge in [-0.25, -0.2) is 9.37 Å². The van der Waals surface area contributed by atoms with Crippen molar-refractivity contribution in [3.05, 3.63) is 76.6 Å². The van der Waals surface area contributed by atoms with E-state index in [0.717, 1.165) is 6.07 Å². The third-order valence-corrected chi connectivity index (χ3v) is 4.32. The molecule has 0 aliphatic rings. The quantitative estimate of drug-likeness (QED) is 0.592. The normalized spacial score (nSPS) is 10.4. The molecule has 3 rings (SSSR count). The first kappa shape index (κ1) is 20.0. The number of hydrogen-bond acceptors (Lipinski definition) is 4. The lowest BCUT2D eigenvalue weighted by atomic mass is 10.2. The summed E-state index contributed by atoms with van der Waals surface area (Å²) in [6, 6.07) is 10.0. The zero-order valence-corrected chi connectivity index (χ0v) is 15.8. The molecule has 0 aliphatic heterocycles. The molecule has 148 valence electrons.